The molecule has 1 aromatic rings. The fourth-order valence-electron chi connectivity index (χ4n) is 0.916. The average molecular weight is 182 g/mol. The van der Waals surface area contributed by atoms with E-state index in [1.54, 1.807) is 11.6 Å². The molecule has 0 aromatic carbocycles. The van der Waals surface area contributed by atoms with Crippen LogP contribution in [0, 0.1) is 0 Å². The lowest BCUT2D eigenvalue weighted by Gasteiger charge is -2.07. The van der Waals surface area contributed by atoms with E-state index in [0.29, 0.717) is 6.54 Å². The number of rotatable bonds is 4. The largest absolute Gasteiger partial charge is 0.368 e. The highest BCUT2D eigenvalue weighted by Gasteiger charge is 2.07. The minimum atomic E-state index is -0.351. The number of nitrogens with two attached hydrogens (primary N) is 1. The fourth-order valence-corrected chi connectivity index (χ4v) is 0.916. The molecule has 0 bridgehead atoms. The molecule has 0 radical (unpaired) electrons. The molecule has 0 aliphatic rings. The smallest absolute Gasteiger partial charge is 0.234 e. The van der Waals surface area contributed by atoms with Crippen molar-refractivity contribution in [3.05, 3.63) is 18.0 Å². The van der Waals surface area contributed by atoms with Gasteiger partial charge in [-0.05, 0) is 13.0 Å². The van der Waals surface area contributed by atoms with Gasteiger partial charge in [0.1, 0.15) is 0 Å². The predicted molar refractivity (Wildman–Crippen MR) is 48.7 cm³/mol. The zero-order valence-corrected chi connectivity index (χ0v) is 7.82. The van der Waals surface area contributed by atoms with Crippen molar-refractivity contribution < 1.29 is 4.79 Å². The van der Waals surface area contributed by atoms with Crippen LogP contribution in [-0.2, 0) is 18.4 Å². The monoisotopic (exact) mass is 182 g/mol. The minimum absolute atomic E-state index is 0.318. The van der Waals surface area contributed by atoms with Gasteiger partial charge in [0, 0.05) is 19.8 Å². The number of aryl methyl sites for hydroxylation is 1. The van der Waals surface area contributed by atoms with Crippen LogP contribution < -0.4 is 11.1 Å². The van der Waals surface area contributed by atoms with Gasteiger partial charge < -0.3 is 11.1 Å². The quantitative estimate of drug-likeness (QED) is 0.652. The van der Waals surface area contributed by atoms with Gasteiger partial charge in [0.25, 0.3) is 0 Å². The summed E-state index contributed by atoms with van der Waals surface area (Å²) in [6.07, 6.45) is 1.85. The molecule has 5 heteroatoms. The average Bonchev–Trinajstić information content (AvgIpc) is 2.47. The summed E-state index contributed by atoms with van der Waals surface area (Å²) >= 11 is 0. The fraction of sp³-hybridized carbons (Fsp3) is 0.500. The Hall–Kier alpha value is -1.36. The molecule has 0 spiro atoms. The lowest BCUT2D eigenvalue weighted by molar-refractivity contribution is -0.119. The molecule has 0 saturated heterocycles. The normalized spacial score (nSPS) is 12.8. The lowest BCUT2D eigenvalue weighted by atomic mass is 10.3. The summed E-state index contributed by atoms with van der Waals surface area (Å²) in [4.78, 5) is 10.7. The number of nitrogens with zero attached hydrogens (tertiary/aromatic N) is 2. The molecule has 1 amide bonds. The molecule has 1 aromatic heterocycles. The zero-order chi connectivity index (χ0) is 9.84. The molecule has 0 fully saturated rings. The number of carbonyl (C=O) groups excluding carboxylic acids is 1. The van der Waals surface area contributed by atoms with Crippen LogP contribution in [0.4, 0.5) is 0 Å². The Morgan fingerprint density at radius 3 is 3.00 bits per heavy atom. The van der Waals surface area contributed by atoms with Crippen molar-refractivity contribution >= 4 is 5.91 Å². The van der Waals surface area contributed by atoms with Gasteiger partial charge in [-0.1, -0.05) is 0 Å². The first kappa shape index (κ1) is 9.73. The van der Waals surface area contributed by atoms with E-state index < -0.39 is 0 Å². The van der Waals surface area contributed by atoms with Crippen molar-refractivity contribution in [3.8, 4) is 0 Å². The van der Waals surface area contributed by atoms with E-state index >= 15 is 0 Å². The van der Waals surface area contributed by atoms with Gasteiger partial charge in [0.05, 0.1) is 11.7 Å². The summed E-state index contributed by atoms with van der Waals surface area (Å²) in [5, 5.41) is 7.11. The molecule has 1 heterocycles. The van der Waals surface area contributed by atoms with Crippen LogP contribution in [-0.4, -0.2) is 21.7 Å². The van der Waals surface area contributed by atoms with Gasteiger partial charge in [-0.3, -0.25) is 9.48 Å². The molecule has 1 unspecified atom stereocenters. The van der Waals surface area contributed by atoms with Crippen LogP contribution >= 0.6 is 0 Å². The van der Waals surface area contributed by atoms with Gasteiger partial charge in [-0.15, -0.1) is 0 Å². The molecular weight excluding hydrogens is 168 g/mol. The first-order valence-electron chi connectivity index (χ1n) is 4.11. The second-order valence-corrected chi connectivity index (χ2v) is 2.99. The highest BCUT2D eigenvalue weighted by atomic mass is 16.1. The second kappa shape index (κ2) is 4.04. The van der Waals surface area contributed by atoms with E-state index in [1.807, 2.05) is 19.3 Å². The molecule has 0 saturated carbocycles. The van der Waals surface area contributed by atoms with Crippen molar-refractivity contribution in [2.24, 2.45) is 12.8 Å². The van der Waals surface area contributed by atoms with Gasteiger partial charge >= 0.3 is 0 Å². The molecule has 1 atom stereocenters. The number of hydrogen-bond acceptors (Lipinski definition) is 3. The molecule has 72 valence electrons. The number of hydrogen-bond donors (Lipinski definition) is 2. The Kier molecular flexibility index (Phi) is 3.02. The van der Waals surface area contributed by atoms with Crippen LogP contribution in [0.25, 0.3) is 0 Å². The highest BCUT2D eigenvalue weighted by molar-refractivity contribution is 5.79. The summed E-state index contributed by atoms with van der Waals surface area (Å²) in [5.74, 6) is -0.351. The maximum absolute atomic E-state index is 10.7. The maximum Gasteiger partial charge on any atom is 0.234 e. The zero-order valence-electron chi connectivity index (χ0n) is 7.82. The van der Waals surface area contributed by atoms with Crippen molar-refractivity contribution in [3.63, 3.8) is 0 Å². The molecule has 0 aliphatic heterocycles. The molecule has 1 rings (SSSR count). The van der Waals surface area contributed by atoms with Crippen molar-refractivity contribution in [1.29, 1.82) is 0 Å². The summed E-state index contributed by atoms with van der Waals surface area (Å²) in [6, 6.07) is 1.57. The van der Waals surface area contributed by atoms with Crippen molar-refractivity contribution in [2.75, 3.05) is 0 Å². The SMILES string of the molecule is CC(NCc1ccn(C)n1)C(N)=O. The number of amides is 1. The third-order valence-corrected chi connectivity index (χ3v) is 1.78. The van der Waals surface area contributed by atoms with E-state index in [2.05, 4.69) is 10.4 Å². The number of primary amides is 1. The van der Waals surface area contributed by atoms with Crippen molar-refractivity contribution in [2.45, 2.75) is 19.5 Å². The first-order valence-corrected chi connectivity index (χ1v) is 4.11. The van der Waals surface area contributed by atoms with Crippen molar-refractivity contribution in [1.82, 2.24) is 15.1 Å². The van der Waals surface area contributed by atoms with E-state index in [0.717, 1.165) is 5.69 Å². The Bertz CT molecular complexity index is 294. The first-order chi connectivity index (χ1) is 6.09. The van der Waals surface area contributed by atoms with E-state index in [4.69, 9.17) is 5.73 Å². The molecule has 3 N–H and O–H groups in total. The summed E-state index contributed by atoms with van der Waals surface area (Å²) in [7, 11) is 1.85. The van der Waals surface area contributed by atoms with Crippen LogP contribution in [0.15, 0.2) is 12.3 Å². The van der Waals surface area contributed by atoms with Crippen LogP contribution in [0.2, 0.25) is 0 Å². The second-order valence-electron chi connectivity index (χ2n) is 2.99. The lowest BCUT2D eigenvalue weighted by Crippen LogP contribution is -2.38. The van der Waals surface area contributed by atoms with Gasteiger partial charge in [0.15, 0.2) is 0 Å². The third kappa shape index (κ3) is 2.87. The highest BCUT2D eigenvalue weighted by Crippen LogP contribution is 1.93. The maximum atomic E-state index is 10.7. The van der Waals surface area contributed by atoms with Gasteiger partial charge in [-0.25, -0.2) is 0 Å². The molecular formula is C8H14N4O. The number of carbonyl (C=O) groups is 1. The third-order valence-electron chi connectivity index (χ3n) is 1.78. The predicted octanol–water partition coefficient (Wildman–Crippen LogP) is -0.616. The minimum Gasteiger partial charge on any atom is -0.368 e. The van der Waals surface area contributed by atoms with Crippen LogP contribution in [0.3, 0.4) is 0 Å². The summed E-state index contributed by atoms with van der Waals surface area (Å²) in [6.45, 7) is 2.29. The Morgan fingerprint density at radius 2 is 2.54 bits per heavy atom. The Labute approximate surface area is 76.9 Å². The Balaban J connectivity index is 2.39. The van der Waals surface area contributed by atoms with Gasteiger partial charge in [-0.2, -0.15) is 5.10 Å². The van der Waals surface area contributed by atoms with E-state index in [1.165, 1.54) is 0 Å². The van der Waals surface area contributed by atoms with Crippen LogP contribution in [0.1, 0.15) is 12.6 Å². The Morgan fingerprint density at radius 1 is 1.85 bits per heavy atom. The topological polar surface area (TPSA) is 72.9 Å². The molecule has 5 nitrogen and oxygen atoms in total. The van der Waals surface area contributed by atoms with Gasteiger partial charge in [0.2, 0.25) is 5.91 Å². The molecule has 13 heavy (non-hydrogen) atoms. The van der Waals surface area contributed by atoms with Crippen LogP contribution in [0.5, 0.6) is 0 Å². The number of aromatic nitrogens is 2. The van der Waals surface area contributed by atoms with E-state index in [9.17, 15) is 4.79 Å². The summed E-state index contributed by atoms with van der Waals surface area (Å²) < 4.78 is 1.71. The summed E-state index contributed by atoms with van der Waals surface area (Å²) in [5.41, 5.74) is 5.98. The molecule has 0 aliphatic carbocycles. The number of nitrogens with one attached hydrogen (secondary N) is 1. The standard InChI is InChI=1S/C8H14N4O/c1-6(8(9)13)10-5-7-3-4-12(2)11-7/h3-4,6,10H,5H2,1-2H3,(H2,9,13). The van der Waals surface area contributed by atoms with E-state index in [-0.39, 0.29) is 11.9 Å².